The first-order valence-electron chi connectivity index (χ1n) is 5.54. The summed E-state index contributed by atoms with van der Waals surface area (Å²) in [6.45, 7) is 0. The van der Waals surface area contributed by atoms with Gasteiger partial charge >= 0.3 is 5.97 Å². The molecule has 0 spiro atoms. The summed E-state index contributed by atoms with van der Waals surface area (Å²) >= 11 is 2.75. The number of aromatic nitrogens is 1. The minimum absolute atomic E-state index is 0.000801. The van der Waals surface area contributed by atoms with Crippen LogP contribution in [0.4, 0.5) is 14.5 Å². The topological polar surface area (TPSA) is 81.0 Å². The lowest BCUT2D eigenvalue weighted by Crippen LogP contribution is -2.11. The molecule has 8 heteroatoms. The van der Waals surface area contributed by atoms with Gasteiger partial charge < -0.3 is 15.0 Å². The number of esters is 1. The Morgan fingerprint density at radius 3 is 2.48 bits per heavy atom. The van der Waals surface area contributed by atoms with Crippen LogP contribution in [0.1, 0.15) is 16.1 Å². The molecule has 1 aromatic carbocycles. The fraction of sp³-hybridized carbons (Fsp3) is 0.0769. The minimum atomic E-state index is -0.855. The summed E-state index contributed by atoms with van der Waals surface area (Å²) in [5, 5.41) is 8.96. The van der Waals surface area contributed by atoms with E-state index in [-0.39, 0.29) is 27.1 Å². The highest BCUT2D eigenvalue weighted by Gasteiger charge is 2.22. The molecule has 0 atom stereocenters. The van der Waals surface area contributed by atoms with Gasteiger partial charge in [0.1, 0.15) is 17.7 Å². The van der Waals surface area contributed by atoms with E-state index in [4.69, 9.17) is 11.0 Å². The molecule has 0 unspecified atom stereocenters. The maximum Gasteiger partial charge on any atom is 0.357 e. The number of hydrogen-bond donors (Lipinski definition) is 1. The number of methoxy groups -OCH3 is 1. The number of carbonyl (C=O) groups excluding carboxylic acids is 1. The lowest BCUT2D eigenvalue weighted by molar-refractivity contribution is 0.0593. The van der Waals surface area contributed by atoms with Crippen LogP contribution in [-0.4, -0.2) is 17.6 Å². The number of nitrogens with two attached hydrogens (primary N) is 1. The highest BCUT2D eigenvalue weighted by Crippen LogP contribution is 2.28. The smallest absolute Gasteiger partial charge is 0.357 e. The van der Waals surface area contributed by atoms with Crippen LogP contribution in [-0.2, 0) is 4.74 Å². The first kappa shape index (κ1) is 15.0. The number of anilines is 1. The van der Waals surface area contributed by atoms with Crippen LogP contribution in [0.2, 0.25) is 0 Å². The van der Waals surface area contributed by atoms with Crippen LogP contribution >= 0.6 is 15.9 Å². The molecule has 0 bridgehead atoms. The number of nitrogens with zero attached hydrogens (tertiary/aromatic N) is 2. The number of halogens is 3. The maximum absolute atomic E-state index is 13.6. The maximum atomic E-state index is 13.6. The minimum Gasteiger partial charge on any atom is -0.464 e. The molecule has 0 fully saturated rings. The van der Waals surface area contributed by atoms with Crippen LogP contribution in [0.15, 0.2) is 22.8 Å². The molecular weight excluding hydrogens is 348 g/mol. The largest absolute Gasteiger partial charge is 0.464 e. The number of rotatable bonds is 2. The number of ether oxygens (including phenoxy) is 1. The number of nitriles is 1. The Morgan fingerprint density at radius 1 is 1.43 bits per heavy atom. The fourth-order valence-electron chi connectivity index (χ4n) is 1.80. The second-order valence-electron chi connectivity index (χ2n) is 4.00. The molecule has 21 heavy (non-hydrogen) atoms. The molecule has 0 amide bonds. The summed E-state index contributed by atoms with van der Waals surface area (Å²) < 4.78 is 32.6. The van der Waals surface area contributed by atoms with E-state index in [0.717, 1.165) is 23.8 Å². The predicted molar refractivity (Wildman–Crippen MR) is 73.9 cm³/mol. The number of carbonyl (C=O) groups is 1. The van der Waals surface area contributed by atoms with Gasteiger partial charge in [-0.1, -0.05) is 0 Å². The van der Waals surface area contributed by atoms with Gasteiger partial charge in [-0.2, -0.15) is 5.26 Å². The van der Waals surface area contributed by atoms with Crippen molar-refractivity contribution in [1.29, 1.82) is 5.26 Å². The van der Waals surface area contributed by atoms with E-state index >= 15 is 0 Å². The number of hydrogen-bond acceptors (Lipinski definition) is 4. The molecule has 108 valence electrons. The fourth-order valence-corrected chi connectivity index (χ4v) is 2.03. The number of nitrogen functional groups attached to an aromatic ring is 1. The second-order valence-corrected chi connectivity index (χ2v) is 4.79. The van der Waals surface area contributed by atoms with Gasteiger partial charge in [-0.05, 0) is 28.1 Å². The van der Waals surface area contributed by atoms with E-state index in [0.29, 0.717) is 0 Å². The average molecular weight is 356 g/mol. The lowest BCUT2D eigenvalue weighted by atomic mass is 10.2. The molecular formula is C13H8BrF2N3O2. The molecule has 2 aromatic rings. The molecule has 0 saturated heterocycles. The first-order valence-corrected chi connectivity index (χ1v) is 6.34. The molecule has 1 aromatic heterocycles. The van der Waals surface area contributed by atoms with Crippen molar-refractivity contribution < 1.29 is 18.3 Å². The van der Waals surface area contributed by atoms with Gasteiger partial charge in [0.25, 0.3) is 0 Å². The Kier molecular flexibility index (Phi) is 3.95. The summed E-state index contributed by atoms with van der Waals surface area (Å²) in [4.78, 5) is 11.8. The van der Waals surface area contributed by atoms with Gasteiger partial charge in [-0.15, -0.1) is 0 Å². The van der Waals surface area contributed by atoms with Crippen LogP contribution < -0.4 is 5.73 Å². The Hall–Kier alpha value is -2.40. The van der Waals surface area contributed by atoms with E-state index in [1.807, 2.05) is 0 Å². The number of benzene rings is 1. The van der Waals surface area contributed by atoms with Crippen LogP contribution in [0.5, 0.6) is 0 Å². The second kappa shape index (κ2) is 5.54. The third-order valence-corrected chi connectivity index (χ3v) is 3.55. The Labute approximate surface area is 126 Å². The molecule has 2 N–H and O–H groups in total. The summed E-state index contributed by atoms with van der Waals surface area (Å²) in [5.74, 6) is -2.53. The molecule has 0 aliphatic carbocycles. The highest BCUT2D eigenvalue weighted by atomic mass is 79.9. The normalized spacial score (nSPS) is 10.2. The third kappa shape index (κ3) is 2.48. The Morgan fingerprint density at radius 2 is 2.00 bits per heavy atom. The Bertz CT molecular complexity index is 757. The molecule has 0 aliphatic rings. The zero-order valence-corrected chi connectivity index (χ0v) is 12.2. The lowest BCUT2D eigenvalue weighted by Gasteiger charge is -2.09. The summed E-state index contributed by atoms with van der Waals surface area (Å²) in [7, 11) is 1.13. The zero-order valence-electron chi connectivity index (χ0n) is 10.7. The van der Waals surface area contributed by atoms with Crippen molar-refractivity contribution in [3.8, 4) is 11.8 Å². The van der Waals surface area contributed by atoms with Gasteiger partial charge in [0, 0.05) is 6.20 Å². The van der Waals surface area contributed by atoms with E-state index in [1.165, 1.54) is 6.20 Å². The average Bonchev–Trinajstić information content (AvgIpc) is 2.80. The van der Waals surface area contributed by atoms with Crippen molar-refractivity contribution in [3.63, 3.8) is 0 Å². The molecule has 0 radical (unpaired) electrons. The molecule has 5 nitrogen and oxygen atoms in total. The van der Waals surface area contributed by atoms with Crippen molar-refractivity contribution in [2.24, 2.45) is 0 Å². The van der Waals surface area contributed by atoms with E-state index in [1.54, 1.807) is 6.07 Å². The molecule has 0 saturated carbocycles. The highest BCUT2D eigenvalue weighted by molar-refractivity contribution is 9.10. The van der Waals surface area contributed by atoms with Gasteiger partial charge in [0.15, 0.2) is 5.69 Å². The summed E-state index contributed by atoms with van der Waals surface area (Å²) in [5.41, 5.74) is 5.41. The molecule has 1 heterocycles. The molecule has 0 aliphatic heterocycles. The van der Waals surface area contributed by atoms with Crippen LogP contribution in [0.25, 0.3) is 5.69 Å². The summed E-state index contributed by atoms with van der Waals surface area (Å²) in [6, 6.07) is 3.80. The Balaban J connectivity index is 2.75. The van der Waals surface area contributed by atoms with Crippen LogP contribution in [0, 0.1) is 23.0 Å². The zero-order chi connectivity index (χ0) is 15.7. The quantitative estimate of drug-likeness (QED) is 0.663. The standard InChI is InChI=1S/C13H8BrF2N3O2/c1-21-13(20)12-11(18)6(4-17)5-19(12)7-2-8(15)10(14)9(16)3-7/h2-3,5H,18H2,1H3. The van der Waals surface area contributed by atoms with Gasteiger partial charge in [-0.3, -0.25) is 0 Å². The van der Waals surface area contributed by atoms with Crippen molar-refractivity contribution in [1.82, 2.24) is 4.57 Å². The monoisotopic (exact) mass is 355 g/mol. The summed E-state index contributed by atoms with van der Waals surface area (Å²) in [6.07, 6.45) is 1.21. The van der Waals surface area contributed by atoms with E-state index < -0.39 is 17.6 Å². The SMILES string of the molecule is COC(=O)c1c(N)c(C#N)cn1-c1cc(F)c(Br)c(F)c1. The van der Waals surface area contributed by atoms with Crippen molar-refractivity contribution in [3.05, 3.63) is 45.7 Å². The van der Waals surface area contributed by atoms with Crippen molar-refractivity contribution >= 4 is 27.6 Å². The van der Waals surface area contributed by atoms with Crippen molar-refractivity contribution in [2.45, 2.75) is 0 Å². The van der Waals surface area contributed by atoms with Crippen LogP contribution in [0.3, 0.4) is 0 Å². The van der Waals surface area contributed by atoms with E-state index in [9.17, 15) is 13.6 Å². The van der Waals surface area contributed by atoms with E-state index in [2.05, 4.69) is 20.7 Å². The van der Waals surface area contributed by atoms with Gasteiger partial charge in [-0.25, -0.2) is 13.6 Å². The predicted octanol–water partition coefficient (Wildman–Crippen LogP) is 2.76. The first-order chi connectivity index (χ1) is 9.90. The third-order valence-electron chi connectivity index (χ3n) is 2.79. The molecule has 2 rings (SSSR count). The van der Waals surface area contributed by atoms with Gasteiger partial charge in [0.05, 0.1) is 28.5 Å². The van der Waals surface area contributed by atoms with Crippen molar-refractivity contribution in [2.75, 3.05) is 12.8 Å². The van der Waals surface area contributed by atoms with Gasteiger partial charge in [0.2, 0.25) is 0 Å².